The summed E-state index contributed by atoms with van der Waals surface area (Å²) >= 11 is 0. The SMILES string of the molecule is C[C@H](NC(=O)Nc1ccc(C(=O)O)cc1)C(=O)O. The number of aliphatic carboxylic acids is 1. The van der Waals surface area contributed by atoms with E-state index in [1.54, 1.807) is 0 Å². The highest BCUT2D eigenvalue weighted by molar-refractivity contribution is 5.93. The van der Waals surface area contributed by atoms with Crippen molar-refractivity contribution in [1.29, 1.82) is 0 Å². The van der Waals surface area contributed by atoms with E-state index in [9.17, 15) is 14.4 Å². The van der Waals surface area contributed by atoms with Crippen molar-refractivity contribution in [2.75, 3.05) is 5.32 Å². The van der Waals surface area contributed by atoms with E-state index in [0.29, 0.717) is 5.69 Å². The maximum atomic E-state index is 11.3. The Kier molecular flexibility index (Phi) is 4.25. The highest BCUT2D eigenvalue weighted by atomic mass is 16.4. The molecule has 1 aromatic carbocycles. The lowest BCUT2D eigenvalue weighted by Gasteiger charge is -2.10. The number of hydrogen-bond acceptors (Lipinski definition) is 3. The lowest BCUT2D eigenvalue weighted by molar-refractivity contribution is -0.138. The molecule has 0 heterocycles. The van der Waals surface area contributed by atoms with Gasteiger partial charge in [0.1, 0.15) is 6.04 Å². The quantitative estimate of drug-likeness (QED) is 0.637. The van der Waals surface area contributed by atoms with Gasteiger partial charge in [-0.3, -0.25) is 4.79 Å². The third kappa shape index (κ3) is 3.78. The molecule has 0 spiro atoms. The van der Waals surface area contributed by atoms with Gasteiger partial charge in [0, 0.05) is 5.69 Å². The molecule has 0 fully saturated rings. The number of aromatic carboxylic acids is 1. The van der Waals surface area contributed by atoms with E-state index in [1.165, 1.54) is 31.2 Å². The van der Waals surface area contributed by atoms with Crippen molar-refractivity contribution in [2.24, 2.45) is 0 Å². The monoisotopic (exact) mass is 252 g/mol. The summed E-state index contributed by atoms with van der Waals surface area (Å²) in [7, 11) is 0. The average molecular weight is 252 g/mol. The summed E-state index contributed by atoms with van der Waals surface area (Å²) in [6, 6.07) is 3.80. The molecule has 0 radical (unpaired) electrons. The van der Waals surface area contributed by atoms with E-state index in [0.717, 1.165) is 0 Å². The zero-order valence-electron chi connectivity index (χ0n) is 9.51. The number of urea groups is 1. The molecular weight excluding hydrogens is 240 g/mol. The summed E-state index contributed by atoms with van der Waals surface area (Å²) in [6.45, 7) is 1.33. The average Bonchev–Trinajstić information content (AvgIpc) is 2.29. The van der Waals surface area contributed by atoms with Gasteiger partial charge in [-0.25, -0.2) is 9.59 Å². The zero-order chi connectivity index (χ0) is 13.7. The Bertz CT molecular complexity index is 469. The van der Waals surface area contributed by atoms with E-state index >= 15 is 0 Å². The Morgan fingerprint density at radius 1 is 1.11 bits per heavy atom. The van der Waals surface area contributed by atoms with Crippen molar-refractivity contribution >= 4 is 23.7 Å². The van der Waals surface area contributed by atoms with Crippen LogP contribution in [0.4, 0.5) is 10.5 Å². The number of amides is 2. The van der Waals surface area contributed by atoms with Gasteiger partial charge in [-0.15, -0.1) is 0 Å². The maximum absolute atomic E-state index is 11.3. The van der Waals surface area contributed by atoms with Crippen LogP contribution < -0.4 is 10.6 Å². The molecule has 18 heavy (non-hydrogen) atoms. The summed E-state index contributed by atoms with van der Waals surface area (Å²) in [6.07, 6.45) is 0. The molecular formula is C11H12N2O5. The second kappa shape index (κ2) is 5.67. The van der Waals surface area contributed by atoms with Gasteiger partial charge < -0.3 is 20.8 Å². The Balaban J connectivity index is 2.60. The molecule has 0 aliphatic carbocycles. The molecule has 2 amide bonds. The third-order valence-corrected chi connectivity index (χ3v) is 2.11. The highest BCUT2D eigenvalue weighted by Crippen LogP contribution is 2.09. The van der Waals surface area contributed by atoms with Crippen LogP contribution in [0.25, 0.3) is 0 Å². The highest BCUT2D eigenvalue weighted by Gasteiger charge is 2.13. The van der Waals surface area contributed by atoms with E-state index in [1.807, 2.05) is 0 Å². The zero-order valence-corrected chi connectivity index (χ0v) is 9.51. The van der Waals surface area contributed by atoms with Crippen molar-refractivity contribution < 1.29 is 24.6 Å². The molecule has 0 unspecified atom stereocenters. The van der Waals surface area contributed by atoms with E-state index < -0.39 is 24.0 Å². The number of hydrogen-bond donors (Lipinski definition) is 4. The molecule has 1 aromatic rings. The predicted molar refractivity (Wildman–Crippen MR) is 62.7 cm³/mol. The minimum absolute atomic E-state index is 0.0971. The van der Waals surface area contributed by atoms with Gasteiger partial charge in [-0.05, 0) is 31.2 Å². The fourth-order valence-corrected chi connectivity index (χ4v) is 1.12. The van der Waals surface area contributed by atoms with Gasteiger partial charge in [0.25, 0.3) is 0 Å². The van der Waals surface area contributed by atoms with E-state index in [2.05, 4.69) is 10.6 Å². The first-order chi connectivity index (χ1) is 8.40. The van der Waals surface area contributed by atoms with Gasteiger partial charge in [0.15, 0.2) is 0 Å². The van der Waals surface area contributed by atoms with E-state index in [4.69, 9.17) is 10.2 Å². The molecule has 0 saturated heterocycles. The second-order valence-corrected chi connectivity index (χ2v) is 3.54. The van der Waals surface area contributed by atoms with Crippen molar-refractivity contribution in [3.05, 3.63) is 29.8 Å². The van der Waals surface area contributed by atoms with Crippen molar-refractivity contribution in [3.63, 3.8) is 0 Å². The summed E-state index contributed by atoms with van der Waals surface area (Å²) < 4.78 is 0. The molecule has 96 valence electrons. The number of nitrogens with one attached hydrogen (secondary N) is 2. The lowest BCUT2D eigenvalue weighted by Crippen LogP contribution is -2.40. The molecule has 0 aliphatic heterocycles. The van der Waals surface area contributed by atoms with Crippen LogP contribution in [0.2, 0.25) is 0 Å². The Labute approximate surface area is 102 Å². The largest absolute Gasteiger partial charge is 0.480 e. The van der Waals surface area contributed by atoms with Gasteiger partial charge in [-0.2, -0.15) is 0 Å². The standard InChI is InChI=1S/C11H12N2O5/c1-6(9(14)15)12-11(18)13-8-4-2-7(3-5-8)10(16)17/h2-6H,1H3,(H,14,15)(H,16,17)(H2,12,13,18)/t6-/m0/s1. The first-order valence-electron chi connectivity index (χ1n) is 5.04. The summed E-state index contributed by atoms with van der Waals surface area (Å²) in [5, 5.41) is 21.8. The Hall–Kier alpha value is -2.57. The number of benzene rings is 1. The molecule has 4 N–H and O–H groups in total. The minimum atomic E-state index is -1.15. The number of carbonyl (C=O) groups is 3. The lowest BCUT2D eigenvalue weighted by atomic mass is 10.2. The Morgan fingerprint density at radius 3 is 2.11 bits per heavy atom. The number of anilines is 1. The van der Waals surface area contributed by atoms with Crippen molar-refractivity contribution in [3.8, 4) is 0 Å². The molecule has 1 rings (SSSR count). The smallest absolute Gasteiger partial charge is 0.335 e. The summed E-state index contributed by atoms with van der Waals surface area (Å²) in [4.78, 5) is 32.4. The van der Waals surface area contributed by atoms with Crippen LogP contribution in [0.15, 0.2) is 24.3 Å². The molecule has 7 heteroatoms. The molecule has 1 atom stereocenters. The van der Waals surface area contributed by atoms with Crippen LogP contribution >= 0.6 is 0 Å². The number of carboxylic acids is 2. The number of carboxylic acid groups (broad SMARTS) is 2. The first-order valence-corrected chi connectivity index (χ1v) is 5.04. The Morgan fingerprint density at radius 2 is 1.67 bits per heavy atom. The number of rotatable bonds is 4. The van der Waals surface area contributed by atoms with Crippen LogP contribution in [-0.2, 0) is 4.79 Å². The normalized spacial score (nSPS) is 11.4. The van der Waals surface area contributed by atoms with Crippen LogP contribution in [0.1, 0.15) is 17.3 Å². The van der Waals surface area contributed by atoms with Crippen LogP contribution in [-0.4, -0.2) is 34.2 Å². The predicted octanol–water partition coefficient (Wildman–Crippen LogP) is 0.979. The molecule has 0 aliphatic rings. The van der Waals surface area contributed by atoms with E-state index in [-0.39, 0.29) is 5.56 Å². The molecule has 0 aromatic heterocycles. The molecule has 0 saturated carbocycles. The fraction of sp³-hybridized carbons (Fsp3) is 0.182. The van der Waals surface area contributed by atoms with Gasteiger partial charge >= 0.3 is 18.0 Å². The van der Waals surface area contributed by atoms with Crippen molar-refractivity contribution in [2.45, 2.75) is 13.0 Å². The molecule has 0 bridgehead atoms. The van der Waals surface area contributed by atoms with Crippen LogP contribution in [0.5, 0.6) is 0 Å². The second-order valence-electron chi connectivity index (χ2n) is 3.54. The third-order valence-electron chi connectivity index (χ3n) is 2.11. The fourth-order valence-electron chi connectivity index (χ4n) is 1.12. The van der Waals surface area contributed by atoms with Crippen LogP contribution in [0.3, 0.4) is 0 Å². The van der Waals surface area contributed by atoms with Crippen LogP contribution in [0, 0.1) is 0 Å². The maximum Gasteiger partial charge on any atom is 0.335 e. The van der Waals surface area contributed by atoms with Gasteiger partial charge in [0.05, 0.1) is 5.56 Å². The minimum Gasteiger partial charge on any atom is -0.480 e. The van der Waals surface area contributed by atoms with Crippen molar-refractivity contribution in [1.82, 2.24) is 5.32 Å². The number of carbonyl (C=O) groups excluding carboxylic acids is 1. The topological polar surface area (TPSA) is 116 Å². The molecule has 7 nitrogen and oxygen atoms in total. The summed E-state index contributed by atoms with van der Waals surface area (Å²) in [5.74, 6) is -2.21. The first kappa shape index (κ1) is 13.5. The summed E-state index contributed by atoms with van der Waals surface area (Å²) in [5.41, 5.74) is 0.468. The van der Waals surface area contributed by atoms with Gasteiger partial charge in [-0.1, -0.05) is 0 Å². The van der Waals surface area contributed by atoms with Gasteiger partial charge in [0.2, 0.25) is 0 Å².